The number of aliphatic hydroxyl groups excluding tert-OH is 1. The molecule has 0 saturated heterocycles. The fraction of sp³-hybridized carbons (Fsp3) is 0.947. The zero-order valence-electron chi connectivity index (χ0n) is 14.2. The summed E-state index contributed by atoms with van der Waals surface area (Å²) in [6.45, 7) is 4.99. The maximum atomic E-state index is 10.1. The standard InChI is InChI=1S/C19H32N2O/c1-18-9-7-13(22)11-12(18)3-4-14-15-5-6-17(21-20)19(15,2)10-8-16(14)18/h12-16,22H,3-11,20H2,1-2H3/b21-17+/t12-,13-,14-,15+,16-,18-,19-/m0/s1. The van der Waals surface area contributed by atoms with Crippen molar-refractivity contribution in [3.63, 3.8) is 0 Å². The lowest BCUT2D eigenvalue weighted by Gasteiger charge is -2.60. The maximum absolute atomic E-state index is 10.1. The van der Waals surface area contributed by atoms with E-state index in [4.69, 9.17) is 5.84 Å². The van der Waals surface area contributed by atoms with Gasteiger partial charge in [0.15, 0.2) is 0 Å². The first kappa shape index (κ1) is 15.0. The van der Waals surface area contributed by atoms with Gasteiger partial charge in [-0.1, -0.05) is 13.8 Å². The molecule has 0 bridgehead atoms. The molecule has 0 heterocycles. The SMILES string of the molecule is C[C@]12CC[C@H](O)C[C@@H]1CC[C@H]1[C@H]3CC/C(=N\N)[C@@]3(C)CC[C@@H]12. The molecule has 3 nitrogen and oxygen atoms in total. The molecule has 0 unspecified atom stereocenters. The van der Waals surface area contributed by atoms with Crippen molar-refractivity contribution < 1.29 is 5.11 Å². The summed E-state index contributed by atoms with van der Waals surface area (Å²) in [5.74, 6) is 9.00. The Morgan fingerprint density at radius 3 is 2.64 bits per heavy atom. The summed E-state index contributed by atoms with van der Waals surface area (Å²) in [4.78, 5) is 0. The number of fused-ring (bicyclic) bond motifs is 5. The summed E-state index contributed by atoms with van der Waals surface area (Å²) in [5, 5.41) is 14.3. The summed E-state index contributed by atoms with van der Waals surface area (Å²) in [6, 6.07) is 0. The Kier molecular flexibility index (Phi) is 3.38. The van der Waals surface area contributed by atoms with Crippen molar-refractivity contribution in [3.8, 4) is 0 Å². The Morgan fingerprint density at radius 1 is 1.05 bits per heavy atom. The first-order chi connectivity index (χ1) is 10.5. The van der Waals surface area contributed by atoms with Gasteiger partial charge in [0.1, 0.15) is 0 Å². The van der Waals surface area contributed by atoms with Crippen molar-refractivity contribution in [2.24, 2.45) is 45.4 Å². The number of hydrazone groups is 1. The number of aliphatic hydroxyl groups is 1. The predicted octanol–water partition coefficient (Wildman–Crippen LogP) is 3.70. The Labute approximate surface area is 134 Å². The molecule has 4 aliphatic rings. The fourth-order valence-corrected chi connectivity index (χ4v) is 7.24. The number of rotatable bonds is 0. The third-order valence-corrected chi connectivity index (χ3v) is 8.53. The van der Waals surface area contributed by atoms with Gasteiger partial charge in [0.25, 0.3) is 0 Å². The second kappa shape index (κ2) is 4.96. The molecule has 22 heavy (non-hydrogen) atoms. The molecule has 3 heteroatoms. The van der Waals surface area contributed by atoms with E-state index in [0.29, 0.717) is 5.41 Å². The summed E-state index contributed by atoms with van der Waals surface area (Å²) < 4.78 is 0. The van der Waals surface area contributed by atoms with Crippen LogP contribution in [-0.2, 0) is 0 Å². The molecule has 0 spiro atoms. The molecule has 0 amide bonds. The lowest BCUT2D eigenvalue weighted by atomic mass is 9.45. The zero-order valence-corrected chi connectivity index (χ0v) is 14.2. The van der Waals surface area contributed by atoms with Crippen LogP contribution in [0, 0.1) is 34.5 Å². The van der Waals surface area contributed by atoms with Gasteiger partial charge in [-0.25, -0.2) is 0 Å². The van der Waals surface area contributed by atoms with E-state index in [2.05, 4.69) is 18.9 Å². The van der Waals surface area contributed by atoms with Crippen LogP contribution < -0.4 is 5.84 Å². The minimum Gasteiger partial charge on any atom is -0.393 e. The molecule has 0 aromatic rings. The monoisotopic (exact) mass is 304 g/mol. The lowest BCUT2D eigenvalue weighted by Crippen LogP contribution is -2.54. The number of hydrogen-bond acceptors (Lipinski definition) is 3. The summed E-state index contributed by atoms with van der Waals surface area (Å²) in [6.07, 6.45) is 11.0. The second-order valence-corrected chi connectivity index (χ2v) is 9.16. The number of nitrogens with two attached hydrogens (primary N) is 1. The van der Waals surface area contributed by atoms with E-state index in [1.807, 2.05) is 0 Å². The van der Waals surface area contributed by atoms with Gasteiger partial charge in [-0.3, -0.25) is 0 Å². The average molecular weight is 304 g/mol. The first-order valence-electron chi connectivity index (χ1n) is 9.44. The summed E-state index contributed by atoms with van der Waals surface area (Å²) >= 11 is 0. The molecule has 0 aromatic carbocycles. The Hall–Kier alpha value is -0.570. The van der Waals surface area contributed by atoms with Crippen LogP contribution in [0.4, 0.5) is 0 Å². The number of hydrogen-bond donors (Lipinski definition) is 2. The summed E-state index contributed by atoms with van der Waals surface area (Å²) in [5.41, 5.74) is 2.06. The molecular weight excluding hydrogens is 272 g/mol. The van der Waals surface area contributed by atoms with Crippen molar-refractivity contribution in [2.75, 3.05) is 0 Å². The van der Waals surface area contributed by atoms with Crippen molar-refractivity contribution in [3.05, 3.63) is 0 Å². The van der Waals surface area contributed by atoms with Gasteiger partial charge in [-0.15, -0.1) is 0 Å². The van der Waals surface area contributed by atoms with Gasteiger partial charge >= 0.3 is 0 Å². The Morgan fingerprint density at radius 2 is 1.86 bits per heavy atom. The molecule has 4 aliphatic carbocycles. The van der Waals surface area contributed by atoms with E-state index in [0.717, 1.165) is 42.9 Å². The highest BCUT2D eigenvalue weighted by atomic mass is 16.3. The van der Waals surface area contributed by atoms with Crippen molar-refractivity contribution in [2.45, 2.75) is 77.7 Å². The van der Waals surface area contributed by atoms with E-state index >= 15 is 0 Å². The Balaban J connectivity index is 1.63. The molecule has 0 aromatic heterocycles. The quantitative estimate of drug-likeness (QED) is 0.529. The van der Waals surface area contributed by atoms with Crippen molar-refractivity contribution >= 4 is 5.71 Å². The van der Waals surface area contributed by atoms with Gasteiger partial charge in [0.2, 0.25) is 0 Å². The van der Waals surface area contributed by atoms with Crippen LogP contribution in [0.15, 0.2) is 5.10 Å². The van der Waals surface area contributed by atoms with E-state index in [1.54, 1.807) is 0 Å². The van der Waals surface area contributed by atoms with Gasteiger partial charge in [-0.05, 0) is 86.9 Å². The largest absolute Gasteiger partial charge is 0.393 e. The van der Waals surface area contributed by atoms with Crippen LogP contribution in [0.25, 0.3) is 0 Å². The van der Waals surface area contributed by atoms with Gasteiger partial charge < -0.3 is 10.9 Å². The van der Waals surface area contributed by atoms with Gasteiger partial charge in [0, 0.05) is 11.1 Å². The lowest BCUT2D eigenvalue weighted by molar-refractivity contribution is -0.113. The molecule has 124 valence electrons. The Bertz CT molecular complexity index is 490. The van der Waals surface area contributed by atoms with Crippen LogP contribution in [0.3, 0.4) is 0 Å². The topological polar surface area (TPSA) is 58.6 Å². The third-order valence-electron chi connectivity index (χ3n) is 8.53. The predicted molar refractivity (Wildman–Crippen MR) is 89.4 cm³/mol. The van der Waals surface area contributed by atoms with Crippen molar-refractivity contribution in [1.82, 2.24) is 0 Å². The van der Waals surface area contributed by atoms with Crippen LogP contribution >= 0.6 is 0 Å². The highest BCUT2D eigenvalue weighted by Gasteiger charge is 2.59. The third kappa shape index (κ3) is 1.87. The van der Waals surface area contributed by atoms with Crippen LogP contribution in [0.5, 0.6) is 0 Å². The first-order valence-corrected chi connectivity index (χ1v) is 9.44. The second-order valence-electron chi connectivity index (χ2n) is 9.16. The minimum atomic E-state index is -0.0362. The van der Waals surface area contributed by atoms with E-state index in [1.165, 1.54) is 44.2 Å². The fourth-order valence-electron chi connectivity index (χ4n) is 7.24. The molecule has 3 N–H and O–H groups in total. The van der Waals surface area contributed by atoms with Crippen molar-refractivity contribution in [1.29, 1.82) is 0 Å². The highest BCUT2D eigenvalue weighted by Crippen LogP contribution is 2.65. The molecular formula is C19H32N2O. The number of nitrogens with zero attached hydrogens (tertiary/aromatic N) is 1. The van der Waals surface area contributed by atoms with Gasteiger partial charge in [0.05, 0.1) is 6.10 Å². The molecule has 7 atom stereocenters. The average Bonchev–Trinajstić information content (AvgIpc) is 2.84. The maximum Gasteiger partial charge on any atom is 0.0543 e. The van der Waals surface area contributed by atoms with Crippen LogP contribution in [-0.4, -0.2) is 16.9 Å². The molecule has 4 rings (SSSR count). The van der Waals surface area contributed by atoms with E-state index in [-0.39, 0.29) is 11.5 Å². The normalized spacial score (nSPS) is 56.3. The van der Waals surface area contributed by atoms with Crippen LogP contribution in [0.1, 0.15) is 71.6 Å². The molecule has 0 radical (unpaired) electrons. The zero-order chi connectivity index (χ0) is 15.5. The molecule has 4 saturated carbocycles. The van der Waals surface area contributed by atoms with Gasteiger partial charge in [-0.2, -0.15) is 5.10 Å². The summed E-state index contributed by atoms with van der Waals surface area (Å²) in [7, 11) is 0. The van der Waals surface area contributed by atoms with E-state index in [9.17, 15) is 5.11 Å². The van der Waals surface area contributed by atoms with E-state index < -0.39 is 0 Å². The minimum absolute atomic E-state index is 0.0362. The molecule has 4 fully saturated rings. The smallest absolute Gasteiger partial charge is 0.0543 e. The van der Waals surface area contributed by atoms with Crippen LogP contribution in [0.2, 0.25) is 0 Å². The highest BCUT2D eigenvalue weighted by molar-refractivity contribution is 5.92. The molecule has 0 aliphatic heterocycles.